The molecule has 0 saturated heterocycles. The average molecular weight is 268 g/mol. The summed E-state index contributed by atoms with van der Waals surface area (Å²) in [7, 11) is -4.22. The second kappa shape index (κ2) is 4.69. The van der Waals surface area contributed by atoms with Crippen molar-refractivity contribution in [3.63, 3.8) is 0 Å². The summed E-state index contributed by atoms with van der Waals surface area (Å²) in [6, 6.07) is 6.41. The first-order valence-corrected chi connectivity index (χ1v) is 7.29. The zero-order valence-electron chi connectivity index (χ0n) is 9.79. The third kappa shape index (κ3) is 2.88. The molecule has 5 nitrogen and oxygen atoms in total. The molecule has 2 N–H and O–H groups in total. The largest absolute Gasteiger partial charge is 0.423 e. The lowest BCUT2D eigenvalue weighted by molar-refractivity contribution is 0.372. The number of hydrogen-bond donors (Lipinski definition) is 2. The van der Waals surface area contributed by atoms with Crippen LogP contribution in [-0.2, 0) is 17.1 Å². The lowest BCUT2D eigenvalue weighted by Crippen LogP contribution is -2.01. The number of fused-ring (bicyclic) bond motifs is 1. The summed E-state index contributed by atoms with van der Waals surface area (Å²) in [5.41, 5.74) is 1.09. The number of aryl methyl sites for hydroxylation is 1. The topological polar surface area (TPSA) is 87.7 Å². The predicted molar refractivity (Wildman–Crippen MR) is 67.6 cm³/mol. The third-order valence-corrected chi connectivity index (χ3v) is 3.43. The van der Waals surface area contributed by atoms with Gasteiger partial charge in [0.2, 0.25) is 0 Å². The minimum atomic E-state index is -4.22. The summed E-state index contributed by atoms with van der Waals surface area (Å²) in [6.45, 7) is 1.98. The van der Waals surface area contributed by atoms with Crippen LogP contribution in [0.15, 0.2) is 33.5 Å². The minimum absolute atomic E-state index is 0.324. The van der Waals surface area contributed by atoms with Crippen molar-refractivity contribution in [1.82, 2.24) is 0 Å². The molecule has 0 atom stereocenters. The van der Waals surface area contributed by atoms with Gasteiger partial charge in [0.25, 0.3) is 0 Å². The van der Waals surface area contributed by atoms with Crippen LogP contribution in [-0.4, -0.2) is 9.79 Å². The van der Waals surface area contributed by atoms with Crippen LogP contribution in [0.2, 0.25) is 0 Å². The van der Waals surface area contributed by atoms with Gasteiger partial charge in [-0.3, -0.25) is 4.57 Å². The van der Waals surface area contributed by atoms with Crippen molar-refractivity contribution in [3.05, 3.63) is 45.8 Å². The van der Waals surface area contributed by atoms with Crippen molar-refractivity contribution in [2.24, 2.45) is 0 Å². The number of hydrogen-bond acceptors (Lipinski definition) is 3. The van der Waals surface area contributed by atoms with E-state index in [9.17, 15) is 9.36 Å². The van der Waals surface area contributed by atoms with E-state index in [1.54, 1.807) is 12.1 Å². The molecule has 0 bridgehead atoms. The Morgan fingerprint density at radius 3 is 2.61 bits per heavy atom. The molecule has 0 saturated carbocycles. The second-order valence-electron chi connectivity index (χ2n) is 4.10. The van der Waals surface area contributed by atoms with E-state index in [1.807, 2.05) is 13.0 Å². The molecule has 1 heterocycles. The van der Waals surface area contributed by atoms with Gasteiger partial charge in [-0.25, -0.2) is 4.79 Å². The first kappa shape index (κ1) is 13.0. The summed E-state index contributed by atoms with van der Waals surface area (Å²) in [5.74, 6) is 0. The highest BCUT2D eigenvalue weighted by atomic mass is 31.2. The van der Waals surface area contributed by atoms with E-state index in [1.165, 1.54) is 0 Å². The van der Waals surface area contributed by atoms with Crippen molar-refractivity contribution in [3.8, 4) is 0 Å². The van der Waals surface area contributed by atoms with E-state index in [0.29, 0.717) is 16.5 Å². The first-order valence-electron chi connectivity index (χ1n) is 5.49. The molecule has 6 heteroatoms. The molecule has 0 unspecified atom stereocenters. The van der Waals surface area contributed by atoms with Crippen LogP contribution in [0.1, 0.15) is 18.1 Å². The molecular weight excluding hydrogens is 255 g/mol. The smallest absolute Gasteiger partial charge is 0.336 e. The molecule has 0 radical (unpaired) electrons. The van der Waals surface area contributed by atoms with E-state index in [0.717, 1.165) is 18.1 Å². The Hall–Kier alpha value is -1.42. The van der Waals surface area contributed by atoms with Gasteiger partial charge in [-0.1, -0.05) is 13.0 Å². The van der Waals surface area contributed by atoms with E-state index >= 15 is 0 Å². The van der Waals surface area contributed by atoms with Crippen molar-refractivity contribution in [1.29, 1.82) is 0 Å². The monoisotopic (exact) mass is 268 g/mol. The molecule has 0 aliphatic heterocycles. The van der Waals surface area contributed by atoms with Crippen LogP contribution < -0.4 is 5.63 Å². The second-order valence-corrected chi connectivity index (χ2v) is 5.74. The van der Waals surface area contributed by atoms with Gasteiger partial charge in [0, 0.05) is 11.5 Å². The molecule has 96 valence electrons. The summed E-state index contributed by atoms with van der Waals surface area (Å²) in [6.07, 6.45) is 0.340. The van der Waals surface area contributed by atoms with Crippen LogP contribution >= 0.6 is 7.60 Å². The van der Waals surface area contributed by atoms with Crippen LogP contribution in [0.3, 0.4) is 0 Å². The van der Waals surface area contributed by atoms with Crippen molar-refractivity contribution < 1.29 is 18.8 Å². The molecule has 2 rings (SSSR count). The van der Waals surface area contributed by atoms with Crippen molar-refractivity contribution >= 4 is 18.6 Å². The molecule has 1 aromatic carbocycles. The van der Waals surface area contributed by atoms with Crippen LogP contribution in [0.25, 0.3) is 11.0 Å². The highest BCUT2D eigenvalue weighted by Crippen LogP contribution is 2.40. The first-order chi connectivity index (χ1) is 8.39. The van der Waals surface area contributed by atoms with E-state index in [2.05, 4.69) is 0 Å². The molecule has 1 aromatic heterocycles. The Morgan fingerprint density at radius 2 is 2.00 bits per heavy atom. The van der Waals surface area contributed by atoms with Gasteiger partial charge in [0.1, 0.15) is 5.58 Å². The van der Waals surface area contributed by atoms with Gasteiger partial charge in [-0.15, -0.1) is 0 Å². The van der Waals surface area contributed by atoms with Crippen LogP contribution in [0.4, 0.5) is 0 Å². The van der Waals surface area contributed by atoms with Crippen molar-refractivity contribution in [2.45, 2.75) is 19.5 Å². The Kier molecular flexibility index (Phi) is 3.39. The highest BCUT2D eigenvalue weighted by Gasteiger charge is 2.17. The summed E-state index contributed by atoms with van der Waals surface area (Å²) in [5, 5.41) is 0.581. The van der Waals surface area contributed by atoms with Crippen LogP contribution in [0, 0.1) is 0 Å². The lowest BCUT2D eigenvalue weighted by Gasteiger charge is -2.07. The summed E-state index contributed by atoms with van der Waals surface area (Å²) in [4.78, 5) is 29.4. The maximum atomic E-state index is 11.3. The minimum Gasteiger partial charge on any atom is -0.423 e. The van der Waals surface area contributed by atoms with E-state index in [-0.39, 0.29) is 0 Å². The van der Waals surface area contributed by atoms with Gasteiger partial charge in [0.05, 0.1) is 6.16 Å². The predicted octanol–water partition coefficient (Wildman–Crippen LogP) is 2.03. The standard InChI is InChI=1S/C12H13O5P/c1-2-8-3-4-11-10(5-8)9(6-12(13)17-11)7-18(14,15)16/h3-6H,2,7H2,1H3,(H2,14,15,16). The molecular formula is C12H13O5P. The molecule has 0 aliphatic rings. The van der Waals surface area contributed by atoms with E-state index < -0.39 is 19.4 Å². The Morgan fingerprint density at radius 1 is 1.28 bits per heavy atom. The number of rotatable bonds is 3. The average Bonchev–Trinajstić information content (AvgIpc) is 2.26. The zero-order valence-corrected chi connectivity index (χ0v) is 10.7. The maximum Gasteiger partial charge on any atom is 0.336 e. The zero-order chi connectivity index (χ0) is 13.3. The lowest BCUT2D eigenvalue weighted by atomic mass is 10.1. The van der Waals surface area contributed by atoms with Crippen molar-refractivity contribution in [2.75, 3.05) is 0 Å². The Labute approximate surface area is 103 Å². The SMILES string of the molecule is CCc1ccc2oc(=O)cc(CP(=O)(O)O)c2c1. The Bertz CT molecular complexity index is 682. The molecule has 0 aliphatic carbocycles. The number of benzene rings is 1. The fraction of sp³-hybridized carbons (Fsp3) is 0.250. The normalized spacial score (nSPS) is 11.9. The van der Waals surface area contributed by atoms with Crippen LogP contribution in [0.5, 0.6) is 0 Å². The highest BCUT2D eigenvalue weighted by molar-refractivity contribution is 7.50. The van der Waals surface area contributed by atoms with Gasteiger partial charge in [0.15, 0.2) is 0 Å². The molecule has 0 spiro atoms. The van der Waals surface area contributed by atoms with Gasteiger partial charge < -0.3 is 14.2 Å². The van der Waals surface area contributed by atoms with E-state index in [4.69, 9.17) is 14.2 Å². The van der Waals surface area contributed by atoms with Gasteiger partial charge >= 0.3 is 13.2 Å². The maximum absolute atomic E-state index is 11.3. The third-order valence-electron chi connectivity index (χ3n) is 2.68. The van der Waals surface area contributed by atoms with Gasteiger partial charge in [-0.05, 0) is 29.7 Å². The summed E-state index contributed by atoms with van der Waals surface area (Å²) >= 11 is 0. The fourth-order valence-corrected chi connectivity index (χ4v) is 2.55. The summed E-state index contributed by atoms with van der Waals surface area (Å²) < 4.78 is 16.1. The fourth-order valence-electron chi connectivity index (χ4n) is 1.85. The quantitative estimate of drug-likeness (QED) is 0.657. The molecule has 0 amide bonds. The molecule has 2 aromatic rings. The van der Waals surface area contributed by atoms with Gasteiger partial charge in [-0.2, -0.15) is 0 Å². The molecule has 0 fully saturated rings. The molecule has 18 heavy (non-hydrogen) atoms. The Balaban J connectivity index is 2.69.